The molecule has 1 aliphatic rings. The first-order valence-electron chi connectivity index (χ1n) is 7.08. The molecular weight excluding hydrogens is 238 g/mol. The van der Waals surface area contributed by atoms with E-state index in [4.69, 9.17) is 4.42 Å². The molecule has 0 radical (unpaired) electrons. The van der Waals surface area contributed by atoms with Gasteiger partial charge in [-0.25, -0.2) is 0 Å². The Hall–Kier alpha value is -1.32. The Balaban J connectivity index is 2.03. The van der Waals surface area contributed by atoms with Gasteiger partial charge in [0.1, 0.15) is 11.3 Å². The molecule has 0 saturated carbocycles. The van der Waals surface area contributed by atoms with Crippen molar-refractivity contribution in [2.24, 2.45) is 0 Å². The van der Waals surface area contributed by atoms with E-state index in [9.17, 15) is 5.11 Å². The van der Waals surface area contributed by atoms with Crippen LogP contribution in [0.15, 0.2) is 22.6 Å². The second kappa shape index (κ2) is 4.99. The second-order valence-electron chi connectivity index (χ2n) is 5.50. The zero-order chi connectivity index (χ0) is 13.4. The maximum Gasteiger partial charge on any atom is 0.134 e. The number of aliphatic hydroxyl groups is 1. The summed E-state index contributed by atoms with van der Waals surface area (Å²) in [7, 11) is 0. The third-order valence-electron chi connectivity index (χ3n) is 4.27. The molecule has 3 heteroatoms. The van der Waals surface area contributed by atoms with Crippen LogP contribution in [0.3, 0.4) is 0 Å². The van der Waals surface area contributed by atoms with Crippen LogP contribution in [-0.2, 0) is 0 Å². The highest BCUT2D eigenvalue weighted by molar-refractivity contribution is 5.86. The first kappa shape index (κ1) is 12.7. The number of fused-ring (bicyclic) bond motifs is 1. The van der Waals surface area contributed by atoms with Crippen molar-refractivity contribution in [3.63, 3.8) is 0 Å². The van der Waals surface area contributed by atoms with Crippen molar-refractivity contribution in [1.82, 2.24) is 5.32 Å². The molecular formula is C16H21NO2. The molecule has 0 amide bonds. The SMILES string of the molecule is Cc1oc2cccc(C(O)C3CCCCN3)c2c1C. The summed E-state index contributed by atoms with van der Waals surface area (Å²) in [6.07, 6.45) is 2.97. The van der Waals surface area contributed by atoms with Crippen molar-refractivity contribution in [3.05, 3.63) is 35.1 Å². The summed E-state index contributed by atoms with van der Waals surface area (Å²) in [5.74, 6) is 0.936. The topological polar surface area (TPSA) is 45.4 Å². The van der Waals surface area contributed by atoms with Crippen molar-refractivity contribution in [2.75, 3.05) is 6.54 Å². The fourth-order valence-corrected chi connectivity index (χ4v) is 3.06. The minimum absolute atomic E-state index is 0.161. The summed E-state index contributed by atoms with van der Waals surface area (Å²) in [5.41, 5.74) is 3.01. The zero-order valence-electron chi connectivity index (χ0n) is 11.6. The van der Waals surface area contributed by atoms with Gasteiger partial charge in [-0.2, -0.15) is 0 Å². The number of nitrogens with one attached hydrogen (secondary N) is 1. The lowest BCUT2D eigenvalue weighted by atomic mass is 9.92. The van der Waals surface area contributed by atoms with Gasteiger partial charge in [-0.1, -0.05) is 18.6 Å². The number of piperidine rings is 1. The Bertz CT molecular complexity index is 582. The highest BCUT2D eigenvalue weighted by Gasteiger charge is 2.25. The monoisotopic (exact) mass is 259 g/mol. The minimum Gasteiger partial charge on any atom is -0.461 e. The molecule has 19 heavy (non-hydrogen) atoms. The van der Waals surface area contributed by atoms with Gasteiger partial charge in [0, 0.05) is 11.4 Å². The molecule has 102 valence electrons. The standard InChI is InChI=1S/C16H21NO2/c1-10-11(2)19-14-8-5-6-12(15(10)14)16(18)13-7-3-4-9-17-13/h5-6,8,13,16-18H,3-4,7,9H2,1-2H3. The summed E-state index contributed by atoms with van der Waals surface area (Å²) in [6.45, 7) is 5.04. The van der Waals surface area contributed by atoms with Crippen LogP contribution in [-0.4, -0.2) is 17.7 Å². The number of benzene rings is 1. The van der Waals surface area contributed by atoms with E-state index in [1.54, 1.807) is 0 Å². The summed E-state index contributed by atoms with van der Waals surface area (Å²) >= 11 is 0. The Morgan fingerprint density at radius 3 is 2.89 bits per heavy atom. The van der Waals surface area contributed by atoms with Crippen LogP contribution in [0, 0.1) is 13.8 Å². The summed E-state index contributed by atoms with van der Waals surface area (Å²) in [4.78, 5) is 0. The van der Waals surface area contributed by atoms with Crippen molar-refractivity contribution in [2.45, 2.75) is 45.3 Å². The highest BCUT2D eigenvalue weighted by atomic mass is 16.3. The van der Waals surface area contributed by atoms with E-state index in [0.29, 0.717) is 0 Å². The average molecular weight is 259 g/mol. The molecule has 1 fully saturated rings. The Kier molecular flexibility index (Phi) is 3.33. The molecule has 2 atom stereocenters. The Labute approximate surface area is 113 Å². The first-order chi connectivity index (χ1) is 9.18. The van der Waals surface area contributed by atoms with Gasteiger partial charge >= 0.3 is 0 Å². The van der Waals surface area contributed by atoms with Gasteiger partial charge in [-0.05, 0) is 50.4 Å². The predicted molar refractivity (Wildman–Crippen MR) is 76.3 cm³/mol. The lowest BCUT2D eigenvalue weighted by Gasteiger charge is -2.28. The molecule has 1 aromatic heterocycles. The molecule has 0 aliphatic carbocycles. The fourth-order valence-electron chi connectivity index (χ4n) is 3.06. The smallest absolute Gasteiger partial charge is 0.134 e. The molecule has 1 saturated heterocycles. The van der Waals surface area contributed by atoms with Gasteiger partial charge in [-0.15, -0.1) is 0 Å². The van der Waals surface area contributed by atoms with Crippen LogP contribution in [0.25, 0.3) is 11.0 Å². The van der Waals surface area contributed by atoms with Crippen LogP contribution in [0.2, 0.25) is 0 Å². The molecule has 2 heterocycles. The Morgan fingerprint density at radius 2 is 2.16 bits per heavy atom. The van der Waals surface area contributed by atoms with E-state index in [1.807, 2.05) is 25.1 Å². The quantitative estimate of drug-likeness (QED) is 0.870. The predicted octanol–water partition coefficient (Wildman–Crippen LogP) is 3.23. The van der Waals surface area contributed by atoms with Crippen molar-refractivity contribution < 1.29 is 9.52 Å². The molecule has 1 aliphatic heterocycles. The van der Waals surface area contributed by atoms with E-state index < -0.39 is 6.10 Å². The number of aryl methyl sites for hydroxylation is 2. The summed E-state index contributed by atoms with van der Waals surface area (Å²) in [5, 5.41) is 15.2. The van der Waals surface area contributed by atoms with Crippen LogP contribution < -0.4 is 5.32 Å². The van der Waals surface area contributed by atoms with E-state index in [0.717, 1.165) is 40.8 Å². The number of aliphatic hydroxyl groups excluding tert-OH is 1. The maximum absolute atomic E-state index is 10.7. The van der Waals surface area contributed by atoms with Crippen LogP contribution in [0.5, 0.6) is 0 Å². The van der Waals surface area contributed by atoms with Crippen LogP contribution in [0.1, 0.15) is 42.3 Å². The molecule has 3 nitrogen and oxygen atoms in total. The number of furan rings is 1. The van der Waals surface area contributed by atoms with Crippen molar-refractivity contribution in [1.29, 1.82) is 0 Å². The van der Waals surface area contributed by atoms with Gasteiger partial charge in [0.2, 0.25) is 0 Å². The largest absolute Gasteiger partial charge is 0.461 e. The van der Waals surface area contributed by atoms with Gasteiger partial charge in [0.25, 0.3) is 0 Å². The first-order valence-corrected chi connectivity index (χ1v) is 7.08. The minimum atomic E-state index is -0.459. The van der Waals surface area contributed by atoms with Crippen molar-refractivity contribution >= 4 is 11.0 Å². The molecule has 0 bridgehead atoms. The normalized spacial score (nSPS) is 21.7. The van der Waals surface area contributed by atoms with Crippen LogP contribution >= 0.6 is 0 Å². The molecule has 3 rings (SSSR count). The molecule has 0 spiro atoms. The molecule has 1 aromatic carbocycles. The fraction of sp³-hybridized carbons (Fsp3) is 0.500. The lowest BCUT2D eigenvalue weighted by molar-refractivity contribution is 0.115. The average Bonchev–Trinajstić information content (AvgIpc) is 2.74. The van der Waals surface area contributed by atoms with Gasteiger partial charge < -0.3 is 14.8 Å². The van der Waals surface area contributed by atoms with Gasteiger partial charge in [0.05, 0.1) is 6.10 Å². The van der Waals surface area contributed by atoms with Gasteiger partial charge in [0.15, 0.2) is 0 Å². The molecule has 2 N–H and O–H groups in total. The molecule has 2 unspecified atom stereocenters. The van der Waals surface area contributed by atoms with E-state index in [-0.39, 0.29) is 6.04 Å². The Morgan fingerprint density at radius 1 is 1.32 bits per heavy atom. The van der Waals surface area contributed by atoms with Crippen molar-refractivity contribution in [3.8, 4) is 0 Å². The third-order valence-corrected chi connectivity index (χ3v) is 4.27. The third kappa shape index (κ3) is 2.17. The molecule has 2 aromatic rings. The number of rotatable bonds is 2. The highest BCUT2D eigenvalue weighted by Crippen LogP contribution is 2.33. The summed E-state index contributed by atoms with van der Waals surface area (Å²) < 4.78 is 5.75. The van der Waals surface area contributed by atoms with Gasteiger partial charge in [-0.3, -0.25) is 0 Å². The summed E-state index contributed by atoms with van der Waals surface area (Å²) in [6, 6.07) is 6.12. The van der Waals surface area contributed by atoms with E-state index >= 15 is 0 Å². The lowest BCUT2D eigenvalue weighted by Crippen LogP contribution is -2.38. The maximum atomic E-state index is 10.7. The van der Waals surface area contributed by atoms with E-state index in [2.05, 4.69) is 12.2 Å². The number of hydrogen-bond acceptors (Lipinski definition) is 3. The van der Waals surface area contributed by atoms with Crippen LogP contribution in [0.4, 0.5) is 0 Å². The zero-order valence-corrected chi connectivity index (χ0v) is 11.6. The number of hydrogen-bond donors (Lipinski definition) is 2. The van der Waals surface area contributed by atoms with E-state index in [1.165, 1.54) is 12.8 Å². The second-order valence-corrected chi connectivity index (χ2v) is 5.50.